The normalized spacial score (nSPS) is 27.6. The van der Waals surface area contributed by atoms with Gasteiger partial charge in [0.2, 0.25) is 11.8 Å². The Morgan fingerprint density at radius 1 is 1.35 bits per heavy atom. The van der Waals surface area contributed by atoms with E-state index in [0.717, 1.165) is 13.0 Å². The van der Waals surface area contributed by atoms with Crippen LogP contribution in [0.4, 0.5) is 0 Å². The Kier molecular flexibility index (Phi) is 3.40. The topological polar surface area (TPSA) is 49.4 Å². The largest absolute Gasteiger partial charge is 0.343 e. The summed E-state index contributed by atoms with van der Waals surface area (Å²) in [4.78, 5) is 25.5. The minimum atomic E-state index is -0.301. The van der Waals surface area contributed by atoms with Crippen LogP contribution in [0.25, 0.3) is 0 Å². The molecule has 1 saturated carbocycles. The molecular formula is C13H22N2O2. The van der Waals surface area contributed by atoms with Crippen molar-refractivity contribution in [1.82, 2.24) is 10.2 Å². The molecule has 2 fully saturated rings. The summed E-state index contributed by atoms with van der Waals surface area (Å²) < 4.78 is 0. The number of hydrogen-bond acceptors (Lipinski definition) is 2. The smallest absolute Gasteiger partial charge is 0.245 e. The Hall–Kier alpha value is -1.06. The molecule has 0 bridgehead atoms. The standard InChI is InChI=1S/C13H22N2O2/c1-3-10-12(17)15(8-11(16)14-10)9-13(4-2)6-5-7-13/h10H,3-9H2,1-2H3,(H,14,16). The van der Waals surface area contributed by atoms with Gasteiger partial charge in [-0.1, -0.05) is 20.3 Å². The van der Waals surface area contributed by atoms with Gasteiger partial charge in [-0.3, -0.25) is 9.59 Å². The number of carbonyl (C=O) groups is 2. The molecule has 1 heterocycles. The quantitative estimate of drug-likeness (QED) is 0.802. The van der Waals surface area contributed by atoms with Crippen LogP contribution >= 0.6 is 0 Å². The number of hydrogen-bond donors (Lipinski definition) is 1. The Balaban J connectivity index is 2.03. The summed E-state index contributed by atoms with van der Waals surface area (Å²) in [5.41, 5.74) is 0.297. The Morgan fingerprint density at radius 2 is 2.06 bits per heavy atom. The number of amides is 2. The van der Waals surface area contributed by atoms with Gasteiger partial charge in [0.15, 0.2) is 0 Å². The first-order valence-corrected chi connectivity index (χ1v) is 6.68. The first-order chi connectivity index (χ1) is 8.10. The molecule has 0 radical (unpaired) electrons. The summed E-state index contributed by atoms with van der Waals surface area (Å²) in [6, 6.07) is -0.301. The van der Waals surface area contributed by atoms with Gasteiger partial charge in [0.1, 0.15) is 6.04 Å². The van der Waals surface area contributed by atoms with Crippen LogP contribution in [0.5, 0.6) is 0 Å². The van der Waals surface area contributed by atoms with Crippen LogP contribution in [-0.2, 0) is 9.59 Å². The second-order valence-electron chi connectivity index (χ2n) is 5.43. The fraction of sp³-hybridized carbons (Fsp3) is 0.846. The van der Waals surface area contributed by atoms with Gasteiger partial charge >= 0.3 is 0 Å². The predicted molar refractivity (Wildman–Crippen MR) is 65.4 cm³/mol. The van der Waals surface area contributed by atoms with E-state index in [0.29, 0.717) is 11.8 Å². The summed E-state index contributed by atoms with van der Waals surface area (Å²) in [5, 5.41) is 2.76. The molecule has 1 aliphatic heterocycles. The lowest BCUT2D eigenvalue weighted by molar-refractivity contribution is -0.147. The second kappa shape index (κ2) is 4.67. The molecule has 1 atom stereocenters. The number of rotatable bonds is 4. The van der Waals surface area contributed by atoms with Crippen molar-refractivity contribution in [1.29, 1.82) is 0 Å². The average Bonchev–Trinajstić information content (AvgIpc) is 2.27. The van der Waals surface area contributed by atoms with Gasteiger partial charge < -0.3 is 10.2 Å². The Labute approximate surface area is 103 Å². The van der Waals surface area contributed by atoms with Crippen molar-refractivity contribution in [2.24, 2.45) is 5.41 Å². The van der Waals surface area contributed by atoms with E-state index in [1.54, 1.807) is 4.90 Å². The van der Waals surface area contributed by atoms with Gasteiger partial charge in [0, 0.05) is 6.54 Å². The van der Waals surface area contributed by atoms with E-state index in [4.69, 9.17) is 0 Å². The molecule has 17 heavy (non-hydrogen) atoms. The molecule has 1 aliphatic carbocycles. The van der Waals surface area contributed by atoms with Crippen molar-refractivity contribution in [2.45, 2.75) is 52.0 Å². The van der Waals surface area contributed by atoms with Crippen molar-refractivity contribution in [3.8, 4) is 0 Å². The highest BCUT2D eigenvalue weighted by Gasteiger charge is 2.41. The zero-order valence-electron chi connectivity index (χ0n) is 10.8. The van der Waals surface area contributed by atoms with Gasteiger partial charge in [0.25, 0.3) is 0 Å². The molecule has 1 N–H and O–H groups in total. The monoisotopic (exact) mass is 238 g/mol. The number of nitrogens with one attached hydrogen (secondary N) is 1. The lowest BCUT2D eigenvalue weighted by Crippen LogP contribution is -2.60. The van der Waals surface area contributed by atoms with Crippen molar-refractivity contribution >= 4 is 11.8 Å². The number of piperazine rings is 1. The van der Waals surface area contributed by atoms with Crippen LogP contribution in [0.3, 0.4) is 0 Å². The molecule has 0 aromatic rings. The molecule has 2 amide bonds. The van der Waals surface area contributed by atoms with E-state index in [1.807, 2.05) is 6.92 Å². The van der Waals surface area contributed by atoms with E-state index in [1.165, 1.54) is 19.3 Å². The molecule has 4 heteroatoms. The summed E-state index contributed by atoms with van der Waals surface area (Å²) in [7, 11) is 0. The lowest BCUT2D eigenvalue weighted by Gasteiger charge is -2.46. The van der Waals surface area contributed by atoms with Crippen LogP contribution in [0.2, 0.25) is 0 Å². The highest BCUT2D eigenvalue weighted by molar-refractivity contribution is 5.94. The van der Waals surface area contributed by atoms with Crippen molar-refractivity contribution in [3.05, 3.63) is 0 Å². The minimum Gasteiger partial charge on any atom is -0.343 e. The Morgan fingerprint density at radius 3 is 2.53 bits per heavy atom. The molecule has 1 unspecified atom stereocenters. The van der Waals surface area contributed by atoms with E-state index in [2.05, 4.69) is 12.2 Å². The summed E-state index contributed by atoms with van der Waals surface area (Å²) in [6.07, 6.45) is 5.45. The average molecular weight is 238 g/mol. The van der Waals surface area contributed by atoms with Crippen LogP contribution in [0.15, 0.2) is 0 Å². The predicted octanol–water partition coefficient (Wildman–Crippen LogP) is 1.30. The second-order valence-corrected chi connectivity index (χ2v) is 5.43. The fourth-order valence-corrected chi connectivity index (χ4v) is 2.89. The highest BCUT2D eigenvalue weighted by Crippen LogP contribution is 2.44. The van der Waals surface area contributed by atoms with Gasteiger partial charge in [-0.2, -0.15) is 0 Å². The van der Waals surface area contributed by atoms with Gasteiger partial charge in [-0.15, -0.1) is 0 Å². The molecule has 0 aromatic heterocycles. The van der Waals surface area contributed by atoms with E-state index in [-0.39, 0.29) is 24.4 Å². The Bertz CT molecular complexity index is 318. The molecule has 1 saturated heterocycles. The van der Waals surface area contributed by atoms with Crippen LogP contribution in [0.1, 0.15) is 46.0 Å². The third-order valence-corrected chi connectivity index (χ3v) is 4.38. The zero-order valence-corrected chi connectivity index (χ0v) is 10.8. The van der Waals surface area contributed by atoms with Gasteiger partial charge in [-0.25, -0.2) is 0 Å². The summed E-state index contributed by atoms with van der Waals surface area (Å²) in [5.74, 6) is 0.0915. The molecular weight excluding hydrogens is 216 g/mol. The van der Waals surface area contributed by atoms with E-state index >= 15 is 0 Å². The summed E-state index contributed by atoms with van der Waals surface area (Å²) >= 11 is 0. The maximum atomic E-state index is 12.1. The number of nitrogens with zero attached hydrogens (tertiary/aromatic N) is 1. The van der Waals surface area contributed by atoms with Crippen LogP contribution < -0.4 is 5.32 Å². The van der Waals surface area contributed by atoms with Crippen molar-refractivity contribution in [3.63, 3.8) is 0 Å². The molecule has 2 aliphatic rings. The first kappa shape index (κ1) is 12.4. The maximum Gasteiger partial charge on any atom is 0.245 e. The van der Waals surface area contributed by atoms with Crippen LogP contribution in [-0.4, -0.2) is 35.8 Å². The van der Waals surface area contributed by atoms with Crippen molar-refractivity contribution in [2.75, 3.05) is 13.1 Å². The number of carbonyl (C=O) groups excluding carboxylic acids is 2. The van der Waals surface area contributed by atoms with Gasteiger partial charge in [0.05, 0.1) is 6.54 Å². The summed E-state index contributed by atoms with van der Waals surface area (Å²) in [6.45, 7) is 5.14. The lowest BCUT2D eigenvalue weighted by atomic mass is 9.66. The van der Waals surface area contributed by atoms with E-state index in [9.17, 15) is 9.59 Å². The van der Waals surface area contributed by atoms with E-state index < -0.39 is 0 Å². The SMILES string of the molecule is CCC1NC(=O)CN(CC2(CC)CCC2)C1=O. The molecule has 96 valence electrons. The molecule has 0 spiro atoms. The zero-order chi connectivity index (χ0) is 12.5. The van der Waals surface area contributed by atoms with Crippen molar-refractivity contribution < 1.29 is 9.59 Å². The van der Waals surface area contributed by atoms with Gasteiger partial charge in [-0.05, 0) is 31.1 Å². The fourth-order valence-electron chi connectivity index (χ4n) is 2.89. The van der Waals surface area contributed by atoms with Crippen LogP contribution in [0, 0.1) is 5.41 Å². The molecule has 0 aromatic carbocycles. The minimum absolute atomic E-state index is 0.0120. The maximum absolute atomic E-state index is 12.1. The third kappa shape index (κ3) is 2.31. The first-order valence-electron chi connectivity index (χ1n) is 6.68. The molecule has 2 rings (SSSR count). The highest BCUT2D eigenvalue weighted by atomic mass is 16.2. The third-order valence-electron chi connectivity index (χ3n) is 4.38. The molecule has 4 nitrogen and oxygen atoms in total.